The first-order valence-electron chi connectivity index (χ1n) is 9.41. The molecule has 2 N–H and O–H groups in total. The number of aliphatic hydroxyl groups excluding tert-OH is 1. The maximum atomic E-state index is 12.4. The number of ether oxygens (including phenoxy) is 2. The summed E-state index contributed by atoms with van der Waals surface area (Å²) in [5.41, 5.74) is 1.55. The second-order valence-electron chi connectivity index (χ2n) is 6.56. The van der Waals surface area contributed by atoms with Crippen LogP contribution in [0.25, 0.3) is 16.6 Å². The lowest BCUT2D eigenvalue weighted by Crippen LogP contribution is -2.09. The molecule has 1 aromatic heterocycles. The number of para-hydroxylation sites is 3. The zero-order valence-corrected chi connectivity index (χ0v) is 16.3. The number of rotatable bonds is 6. The Morgan fingerprint density at radius 2 is 1.74 bits per heavy atom. The molecule has 152 valence electrons. The minimum absolute atomic E-state index is 0.0924. The molecule has 0 saturated heterocycles. The Bertz CT molecular complexity index is 1270. The Balaban J connectivity index is 1.47. The Morgan fingerprint density at radius 3 is 2.52 bits per heavy atom. The number of nitriles is 1. The summed E-state index contributed by atoms with van der Waals surface area (Å²) in [4.78, 5) is 19.7. The van der Waals surface area contributed by atoms with E-state index in [1.165, 1.54) is 0 Å². The molecule has 0 amide bonds. The summed E-state index contributed by atoms with van der Waals surface area (Å²) in [5.74, 6) is 0.257. The quantitative estimate of drug-likeness (QED) is 0.262. The predicted octanol–water partition coefficient (Wildman–Crippen LogP) is 5.00. The van der Waals surface area contributed by atoms with Crippen LogP contribution >= 0.6 is 0 Å². The normalized spacial score (nSPS) is 11.5. The van der Waals surface area contributed by atoms with Gasteiger partial charge in [0, 0.05) is 0 Å². The van der Waals surface area contributed by atoms with Crippen molar-refractivity contribution in [2.45, 2.75) is 0 Å². The number of imidazole rings is 1. The third-order valence-corrected chi connectivity index (χ3v) is 4.42. The van der Waals surface area contributed by atoms with Gasteiger partial charge in [0.25, 0.3) is 0 Å². The fourth-order valence-electron chi connectivity index (χ4n) is 2.93. The molecule has 0 radical (unpaired) electrons. The number of nitrogens with one attached hydrogen (secondary N) is 1. The number of carbonyl (C=O) groups is 1. The number of aromatic nitrogens is 2. The molecule has 0 saturated carbocycles. The van der Waals surface area contributed by atoms with E-state index in [1.54, 1.807) is 42.5 Å². The molecule has 0 fully saturated rings. The first-order valence-corrected chi connectivity index (χ1v) is 9.41. The number of carbonyl (C=O) groups excluding carboxylic acids is 1. The lowest BCUT2D eigenvalue weighted by atomic mass is 10.2. The Hall–Kier alpha value is -4.57. The lowest BCUT2D eigenvalue weighted by Gasteiger charge is -2.08. The maximum absolute atomic E-state index is 12.4. The van der Waals surface area contributed by atoms with Crippen molar-refractivity contribution in [1.82, 2.24) is 9.97 Å². The second-order valence-corrected chi connectivity index (χ2v) is 6.56. The number of aliphatic hydroxyl groups is 1. The van der Waals surface area contributed by atoms with E-state index in [1.807, 2.05) is 42.5 Å². The molecular weight excluding hydrogens is 394 g/mol. The molecule has 0 spiro atoms. The summed E-state index contributed by atoms with van der Waals surface area (Å²) in [7, 11) is 0. The van der Waals surface area contributed by atoms with E-state index in [4.69, 9.17) is 9.47 Å². The van der Waals surface area contributed by atoms with Crippen LogP contribution in [0.4, 0.5) is 0 Å². The number of nitrogens with zero attached hydrogens (tertiary/aromatic N) is 2. The molecule has 3 aromatic carbocycles. The first-order chi connectivity index (χ1) is 15.1. The van der Waals surface area contributed by atoms with E-state index >= 15 is 0 Å². The van der Waals surface area contributed by atoms with Gasteiger partial charge in [-0.05, 0) is 42.5 Å². The van der Waals surface area contributed by atoms with Gasteiger partial charge in [-0.3, -0.25) is 0 Å². The number of aromatic amines is 1. The van der Waals surface area contributed by atoms with Crippen LogP contribution in [0.3, 0.4) is 0 Å². The predicted molar refractivity (Wildman–Crippen MR) is 114 cm³/mol. The average Bonchev–Trinajstić information content (AvgIpc) is 3.22. The van der Waals surface area contributed by atoms with Crippen molar-refractivity contribution >= 4 is 22.6 Å². The molecule has 0 bridgehead atoms. The van der Waals surface area contributed by atoms with Crippen molar-refractivity contribution in [3.05, 3.63) is 96.0 Å². The molecule has 0 unspecified atom stereocenters. The van der Waals surface area contributed by atoms with Gasteiger partial charge >= 0.3 is 5.97 Å². The lowest BCUT2D eigenvalue weighted by molar-refractivity contribution is 0.0502. The van der Waals surface area contributed by atoms with Crippen LogP contribution < -0.4 is 4.74 Å². The highest BCUT2D eigenvalue weighted by atomic mass is 16.5. The highest BCUT2D eigenvalue weighted by Gasteiger charge is 2.16. The number of fused-ring (bicyclic) bond motifs is 1. The van der Waals surface area contributed by atoms with Gasteiger partial charge in [-0.25, -0.2) is 9.78 Å². The number of benzene rings is 3. The number of H-pyrrole nitrogens is 1. The fourth-order valence-corrected chi connectivity index (χ4v) is 2.93. The van der Waals surface area contributed by atoms with Gasteiger partial charge in [0.15, 0.2) is 11.6 Å². The van der Waals surface area contributed by atoms with Gasteiger partial charge in [-0.1, -0.05) is 36.4 Å². The van der Waals surface area contributed by atoms with Crippen LogP contribution in [0.15, 0.2) is 84.6 Å². The Kier molecular flexibility index (Phi) is 5.63. The van der Waals surface area contributed by atoms with Crippen LogP contribution in [0, 0.1) is 11.3 Å². The van der Waals surface area contributed by atoms with Crippen molar-refractivity contribution in [3.8, 4) is 17.6 Å². The topological polar surface area (TPSA) is 108 Å². The average molecular weight is 411 g/mol. The summed E-state index contributed by atoms with van der Waals surface area (Å²) >= 11 is 0. The minimum atomic E-state index is -0.660. The van der Waals surface area contributed by atoms with Crippen LogP contribution in [0.1, 0.15) is 16.2 Å². The standard InChI is InChI=1S/C24H17N3O4/c25-14-19(23-26-20-11-4-5-12-21(20)27-23)22(28)15-30-24(29)16-7-6-10-18(13-16)31-17-8-2-1-3-9-17/h1-13,28H,15H2,(H,26,27). The molecule has 0 aliphatic carbocycles. The number of allylic oxidation sites excluding steroid dienone is 1. The third kappa shape index (κ3) is 4.54. The van der Waals surface area contributed by atoms with Gasteiger partial charge in [0.1, 0.15) is 29.7 Å². The highest BCUT2D eigenvalue weighted by Crippen LogP contribution is 2.23. The highest BCUT2D eigenvalue weighted by molar-refractivity contribution is 5.90. The van der Waals surface area contributed by atoms with Crippen LogP contribution in [-0.4, -0.2) is 27.7 Å². The Morgan fingerprint density at radius 1 is 1.00 bits per heavy atom. The zero-order valence-electron chi connectivity index (χ0n) is 16.3. The summed E-state index contributed by atoms with van der Waals surface area (Å²) in [6.07, 6.45) is 0. The van der Waals surface area contributed by atoms with Crippen molar-refractivity contribution in [2.24, 2.45) is 0 Å². The van der Waals surface area contributed by atoms with Gasteiger partial charge in [-0.15, -0.1) is 0 Å². The van der Waals surface area contributed by atoms with Gasteiger partial charge < -0.3 is 19.6 Å². The molecule has 0 aliphatic rings. The zero-order chi connectivity index (χ0) is 21.6. The number of hydrogen-bond acceptors (Lipinski definition) is 6. The molecule has 7 nitrogen and oxygen atoms in total. The summed E-state index contributed by atoms with van der Waals surface area (Å²) in [6, 6.07) is 24.8. The van der Waals surface area contributed by atoms with Crippen LogP contribution in [-0.2, 0) is 4.74 Å². The molecule has 4 rings (SSSR count). The fraction of sp³-hybridized carbons (Fsp3) is 0.0417. The maximum Gasteiger partial charge on any atom is 0.338 e. The van der Waals surface area contributed by atoms with E-state index in [-0.39, 0.29) is 17.0 Å². The monoisotopic (exact) mass is 411 g/mol. The Labute approximate surface area is 177 Å². The van der Waals surface area contributed by atoms with Crippen molar-refractivity contribution in [3.63, 3.8) is 0 Å². The van der Waals surface area contributed by atoms with E-state index in [2.05, 4.69) is 9.97 Å². The molecule has 31 heavy (non-hydrogen) atoms. The minimum Gasteiger partial charge on any atom is -0.507 e. The number of hydrogen-bond donors (Lipinski definition) is 2. The van der Waals surface area contributed by atoms with Crippen LogP contribution in [0.2, 0.25) is 0 Å². The third-order valence-electron chi connectivity index (χ3n) is 4.42. The molecule has 1 heterocycles. The van der Waals surface area contributed by atoms with Gasteiger partial charge in [0.2, 0.25) is 0 Å². The molecular formula is C24H17N3O4. The summed E-state index contributed by atoms with van der Waals surface area (Å²) in [6.45, 7) is -0.470. The largest absolute Gasteiger partial charge is 0.507 e. The van der Waals surface area contributed by atoms with E-state index in [0.717, 1.165) is 5.52 Å². The van der Waals surface area contributed by atoms with E-state index in [9.17, 15) is 15.2 Å². The summed E-state index contributed by atoms with van der Waals surface area (Å²) < 4.78 is 10.9. The van der Waals surface area contributed by atoms with E-state index in [0.29, 0.717) is 17.0 Å². The smallest absolute Gasteiger partial charge is 0.338 e. The second kappa shape index (κ2) is 8.84. The van der Waals surface area contributed by atoms with Crippen molar-refractivity contribution in [2.75, 3.05) is 6.61 Å². The SMILES string of the molecule is N#CC(=C(O)COC(=O)c1cccc(Oc2ccccc2)c1)c1nc2ccccc2[nH]1. The number of esters is 1. The van der Waals surface area contributed by atoms with Crippen molar-refractivity contribution in [1.29, 1.82) is 5.26 Å². The molecule has 7 heteroatoms. The summed E-state index contributed by atoms with van der Waals surface area (Å²) in [5, 5.41) is 19.8. The molecule has 0 atom stereocenters. The van der Waals surface area contributed by atoms with Gasteiger partial charge in [0.05, 0.1) is 16.6 Å². The van der Waals surface area contributed by atoms with Crippen molar-refractivity contribution < 1.29 is 19.4 Å². The van der Waals surface area contributed by atoms with E-state index < -0.39 is 18.3 Å². The first kappa shape index (κ1) is 19.7. The van der Waals surface area contributed by atoms with Crippen LogP contribution in [0.5, 0.6) is 11.5 Å². The molecule has 0 aliphatic heterocycles. The molecule has 4 aromatic rings. The van der Waals surface area contributed by atoms with Gasteiger partial charge in [-0.2, -0.15) is 5.26 Å².